The molecule has 0 bridgehead atoms. The third-order valence-corrected chi connectivity index (χ3v) is 7.17. The van der Waals surface area contributed by atoms with Gasteiger partial charge in [0.1, 0.15) is 45.5 Å². The van der Waals surface area contributed by atoms with Gasteiger partial charge in [-0.25, -0.2) is 9.97 Å². The van der Waals surface area contributed by atoms with Crippen LogP contribution in [0.15, 0.2) is 59.7 Å². The Morgan fingerprint density at radius 1 is 1.08 bits per heavy atom. The first-order chi connectivity index (χ1) is 18.4. The molecule has 0 fully saturated rings. The van der Waals surface area contributed by atoms with E-state index in [1.165, 1.54) is 22.0 Å². The smallest absolute Gasteiger partial charge is 0.268 e. The molecule has 10 heteroatoms. The van der Waals surface area contributed by atoms with E-state index < -0.39 is 5.56 Å². The van der Waals surface area contributed by atoms with Gasteiger partial charge in [0.2, 0.25) is 0 Å². The molecule has 5 aromatic rings. The van der Waals surface area contributed by atoms with Crippen LogP contribution in [-0.2, 0) is 13.2 Å². The number of thiazole rings is 1. The van der Waals surface area contributed by atoms with E-state index in [0.29, 0.717) is 38.1 Å². The zero-order valence-corrected chi connectivity index (χ0v) is 22.0. The number of para-hydroxylation sites is 1. The number of rotatable bonds is 6. The van der Waals surface area contributed by atoms with Gasteiger partial charge >= 0.3 is 0 Å². The van der Waals surface area contributed by atoms with Gasteiger partial charge in [-0.3, -0.25) is 9.78 Å². The lowest BCUT2D eigenvalue weighted by Gasteiger charge is -2.16. The molecule has 0 radical (unpaired) electrons. The first-order valence-electron chi connectivity index (χ1n) is 11.5. The van der Waals surface area contributed by atoms with Gasteiger partial charge < -0.3 is 9.30 Å². The monoisotopic (exact) mass is 538 g/mol. The van der Waals surface area contributed by atoms with Crippen LogP contribution in [0.4, 0.5) is 0 Å². The van der Waals surface area contributed by atoms with E-state index in [0.717, 1.165) is 21.7 Å². The Morgan fingerprint density at radius 2 is 1.89 bits per heavy atom. The average molecular weight is 539 g/mol. The summed E-state index contributed by atoms with van der Waals surface area (Å²) < 4.78 is 7.69. The van der Waals surface area contributed by atoms with E-state index >= 15 is 0 Å². The molecule has 5 rings (SSSR count). The maximum Gasteiger partial charge on any atom is 0.268 e. The van der Waals surface area contributed by atoms with E-state index in [2.05, 4.69) is 16.0 Å². The summed E-state index contributed by atoms with van der Waals surface area (Å²) in [7, 11) is 0. The quantitative estimate of drug-likeness (QED) is 0.278. The van der Waals surface area contributed by atoms with Gasteiger partial charge in [0.25, 0.3) is 5.56 Å². The molecule has 0 amide bonds. The molecule has 8 nitrogen and oxygen atoms in total. The molecule has 38 heavy (non-hydrogen) atoms. The number of benzene rings is 1. The normalized spacial score (nSPS) is 10.8. The Morgan fingerprint density at radius 3 is 2.66 bits per heavy atom. The fourth-order valence-electron chi connectivity index (χ4n) is 4.16. The van der Waals surface area contributed by atoms with Crippen LogP contribution in [0.3, 0.4) is 0 Å². The van der Waals surface area contributed by atoms with Gasteiger partial charge in [-0.05, 0) is 44.2 Å². The predicted molar refractivity (Wildman–Crippen MR) is 145 cm³/mol. The summed E-state index contributed by atoms with van der Waals surface area (Å²) in [5, 5.41) is 20.5. The van der Waals surface area contributed by atoms with E-state index in [4.69, 9.17) is 21.3 Å². The second-order valence-corrected chi connectivity index (χ2v) is 9.97. The third-order valence-electron chi connectivity index (χ3n) is 5.89. The number of fused-ring (bicyclic) bond motifs is 1. The summed E-state index contributed by atoms with van der Waals surface area (Å²) in [5.41, 5.74) is 3.88. The molecule has 0 atom stereocenters. The standard InChI is InChI=1S/C28H19ClN6O2S/c1-16-9-21(27-32-13-19(12-31)38-27)20-6-3-7-25(26(20)34-16)37-15-22-23(29)10-17(2)33-24(22)14-35-8-4-5-18(11-30)28(35)36/h3-10,13H,14-15H2,1-2H3. The van der Waals surface area contributed by atoms with Crippen molar-refractivity contribution in [2.75, 3.05) is 0 Å². The predicted octanol–water partition coefficient (Wildman–Crippen LogP) is 5.56. The van der Waals surface area contributed by atoms with Crippen molar-refractivity contribution >= 4 is 33.8 Å². The summed E-state index contributed by atoms with van der Waals surface area (Å²) in [6.45, 7) is 3.94. The van der Waals surface area contributed by atoms with Gasteiger partial charge in [0.15, 0.2) is 0 Å². The minimum absolute atomic E-state index is 0.0548. The first kappa shape index (κ1) is 25.1. The van der Waals surface area contributed by atoms with E-state index in [9.17, 15) is 15.3 Å². The zero-order chi connectivity index (χ0) is 26.8. The molecule has 0 saturated heterocycles. The Bertz CT molecular complexity index is 1850. The first-order valence-corrected chi connectivity index (χ1v) is 12.7. The van der Waals surface area contributed by atoms with Crippen LogP contribution < -0.4 is 10.3 Å². The van der Waals surface area contributed by atoms with Crippen molar-refractivity contribution in [3.63, 3.8) is 0 Å². The molecule has 0 aliphatic rings. The summed E-state index contributed by atoms with van der Waals surface area (Å²) in [6.07, 6.45) is 3.18. The van der Waals surface area contributed by atoms with E-state index in [-0.39, 0.29) is 18.7 Å². The summed E-state index contributed by atoms with van der Waals surface area (Å²) in [5.74, 6) is 0.552. The SMILES string of the molecule is Cc1cc(Cl)c(COc2cccc3c(-c4ncc(C#N)s4)cc(C)nc23)c(Cn2cccc(C#N)c2=O)n1. The van der Waals surface area contributed by atoms with Crippen molar-refractivity contribution in [1.29, 1.82) is 10.5 Å². The second-order valence-electron chi connectivity index (χ2n) is 8.53. The fraction of sp³-hybridized carbons (Fsp3) is 0.143. The number of pyridine rings is 3. The maximum atomic E-state index is 12.6. The van der Waals surface area contributed by atoms with Crippen molar-refractivity contribution in [2.45, 2.75) is 27.0 Å². The Kier molecular flexibility index (Phi) is 6.89. The molecule has 4 heterocycles. The van der Waals surface area contributed by atoms with Gasteiger partial charge in [-0.15, -0.1) is 11.3 Å². The maximum absolute atomic E-state index is 12.6. The average Bonchev–Trinajstić information content (AvgIpc) is 3.38. The number of aryl methyl sites for hydroxylation is 2. The number of hydrogen-bond donors (Lipinski definition) is 0. The summed E-state index contributed by atoms with van der Waals surface area (Å²) in [6, 6.07) is 16.5. The minimum atomic E-state index is -0.399. The van der Waals surface area contributed by atoms with Crippen molar-refractivity contribution in [1.82, 2.24) is 19.5 Å². The number of halogens is 1. The zero-order valence-electron chi connectivity index (χ0n) is 20.4. The van der Waals surface area contributed by atoms with Crippen molar-refractivity contribution < 1.29 is 4.74 Å². The van der Waals surface area contributed by atoms with E-state index in [1.54, 1.807) is 24.5 Å². The second kappa shape index (κ2) is 10.4. The molecule has 186 valence electrons. The molecule has 0 aliphatic heterocycles. The number of aromatic nitrogens is 4. The Balaban J connectivity index is 1.52. The lowest BCUT2D eigenvalue weighted by atomic mass is 10.1. The minimum Gasteiger partial charge on any atom is -0.486 e. The molecule has 0 unspecified atom stereocenters. The van der Waals surface area contributed by atoms with Crippen molar-refractivity contribution in [3.8, 4) is 28.5 Å². The highest BCUT2D eigenvalue weighted by molar-refractivity contribution is 7.15. The third kappa shape index (κ3) is 4.85. The van der Waals surface area contributed by atoms with Crippen LogP contribution in [-0.4, -0.2) is 19.5 Å². The number of nitrogens with zero attached hydrogens (tertiary/aromatic N) is 6. The van der Waals surface area contributed by atoms with Crippen LogP contribution in [0, 0.1) is 36.5 Å². The molecular weight excluding hydrogens is 520 g/mol. The molecule has 0 spiro atoms. The van der Waals surface area contributed by atoms with Crippen molar-refractivity contribution in [3.05, 3.63) is 103 Å². The molecular formula is C28H19ClN6O2S. The highest BCUT2D eigenvalue weighted by atomic mass is 35.5. The van der Waals surface area contributed by atoms with Crippen LogP contribution in [0.25, 0.3) is 21.5 Å². The lowest BCUT2D eigenvalue weighted by molar-refractivity contribution is 0.307. The highest BCUT2D eigenvalue weighted by Gasteiger charge is 2.17. The Hall–Kier alpha value is -4.57. The van der Waals surface area contributed by atoms with Crippen LogP contribution >= 0.6 is 22.9 Å². The number of ether oxygens (including phenoxy) is 1. The van der Waals surface area contributed by atoms with Crippen LogP contribution in [0.1, 0.15) is 33.1 Å². The van der Waals surface area contributed by atoms with Crippen molar-refractivity contribution in [2.24, 2.45) is 0 Å². The molecule has 4 aromatic heterocycles. The van der Waals surface area contributed by atoms with Gasteiger partial charge in [-0.2, -0.15) is 10.5 Å². The molecule has 1 aromatic carbocycles. The van der Waals surface area contributed by atoms with E-state index in [1.807, 2.05) is 44.2 Å². The van der Waals surface area contributed by atoms with Crippen LogP contribution in [0.5, 0.6) is 5.75 Å². The Labute approximate surface area is 227 Å². The largest absolute Gasteiger partial charge is 0.486 e. The summed E-state index contributed by atoms with van der Waals surface area (Å²) >= 11 is 7.94. The number of hydrogen-bond acceptors (Lipinski definition) is 8. The van der Waals surface area contributed by atoms with Gasteiger partial charge in [0, 0.05) is 34.1 Å². The molecule has 0 saturated carbocycles. The molecule has 0 N–H and O–H groups in total. The van der Waals surface area contributed by atoms with Gasteiger partial charge in [0.05, 0.1) is 23.5 Å². The number of nitriles is 2. The lowest BCUT2D eigenvalue weighted by Crippen LogP contribution is -2.23. The summed E-state index contributed by atoms with van der Waals surface area (Å²) in [4.78, 5) is 26.9. The fourth-order valence-corrected chi connectivity index (χ4v) is 5.22. The molecule has 0 aliphatic carbocycles. The highest BCUT2D eigenvalue weighted by Crippen LogP contribution is 2.35. The topological polar surface area (TPSA) is 117 Å². The van der Waals surface area contributed by atoms with Gasteiger partial charge in [-0.1, -0.05) is 23.7 Å². The van der Waals surface area contributed by atoms with Crippen LogP contribution in [0.2, 0.25) is 5.02 Å².